The van der Waals surface area contributed by atoms with Gasteiger partial charge in [-0.2, -0.15) is 0 Å². The zero-order valence-electron chi connectivity index (χ0n) is 11.0. The smallest absolute Gasteiger partial charge is 0.224 e. The van der Waals surface area contributed by atoms with E-state index in [1.54, 1.807) is 19.1 Å². The minimum atomic E-state index is -0.0379. The molecule has 5 nitrogen and oxygen atoms in total. The summed E-state index contributed by atoms with van der Waals surface area (Å²) in [5, 5.41) is 8.76. The number of nitrogens with one attached hydrogen (secondary N) is 3. The SMILES string of the molecule is CCC(=O)Nc1cccc(NC(=O)CC2CNC2)c1. The second-order valence-electron chi connectivity index (χ2n) is 4.76. The highest BCUT2D eigenvalue weighted by Crippen LogP contribution is 2.17. The normalized spacial score (nSPS) is 14.6. The molecule has 1 aliphatic rings. The van der Waals surface area contributed by atoms with E-state index in [2.05, 4.69) is 16.0 Å². The zero-order chi connectivity index (χ0) is 13.7. The van der Waals surface area contributed by atoms with Gasteiger partial charge in [0.25, 0.3) is 0 Å². The third-order valence-corrected chi connectivity index (χ3v) is 3.09. The minimum absolute atomic E-state index is 0.0190. The summed E-state index contributed by atoms with van der Waals surface area (Å²) < 4.78 is 0. The lowest BCUT2D eigenvalue weighted by Gasteiger charge is -2.26. The fraction of sp³-hybridized carbons (Fsp3) is 0.429. The second kappa shape index (κ2) is 6.33. The highest BCUT2D eigenvalue weighted by Gasteiger charge is 2.20. The van der Waals surface area contributed by atoms with E-state index in [4.69, 9.17) is 0 Å². The third kappa shape index (κ3) is 4.06. The van der Waals surface area contributed by atoms with E-state index in [1.807, 2.05) is 12.1 Å². The molecule has 0 spiro atoms. The van der Waals surface area contributed by atoms with Gasteiger partial charge < -0.3 is 16.0 Å². The van der Waals surface area contributed by atoms with Gasteiger partial charge in [-0.15, -0.1) is 0 Å². The molecule has 1 heterocycles. The first-order chi connectivity index (χ1) is 9.17. The largest absolute Gasteiger partial charge is 0.326 e. The Hall–Kier alpha value is -1.88. The Morgan fingerprint density at radius 3 is 2.37 bits per heavy atom. The Kier molecular flexibility index (Phi) is 4.52. The summed E-state index contributed by atoms with van der Waals surface area (Å²) in [5.41, 5.74) is 1.42. The van der Waals surface area contributed by atoms with Crippen LogP contribution in [0, 0.1) is 5.92 Å². The first-order valence-corrected chi connectivity index (χ1v) is 6.58. The van der Waals surface area contributed by atoms with Crippen molar-refractivity contribution in [3.63, 3.8) is 0 Å². The van der Waals surface area contributed by atoms with Crippen molar-refractivity contribution in [2.24, 2.45) is 5.92 Å². The van der Waals surface area contributed by atoms with Crippen molar-refractivity contribution in [3.05, 3.63) is 24.3 Å². The molecule has 0 radical (unpaired) electrons. The second-order valence-corrected chi connectivity index (χ2v) is 4.76. The fourth-order valence-electron chi connectivity index (χ4n) is 1.89. The van der Waals surface area contributed by atoms with Crippen molar-refractivity contribution in [1.82, 2.24) is 5.32 Å². The van der Waals surface area contributed by atoms with Crippen LogP contribution in [0.15, 0.2) is 24.3 Å². The molecule has 1 aromatic rings. The zero-order valence-corrected chi connectivity index (χ0v) is 11.0. The molecule has 5 heteroatoms. The summed E-state index contributed by atoms with van der Waals surface area (Å²) in [6.45, 7) is 3.63. The van der Waals surface area contributed by atoms with Crippen LogP contribution in [0.25, 0.3) is 0 Å². The van der Waals surface area contributed by atoms with Crippen LogP contribution in [0.5, 0.6) is 0 Å². The summed E-state index contributed by atoms with van der Waals surface area (Å²) in [6.07, 6.45) is 0.976. The number of carbonyl (C=O) groups is 2. The maximum atomic E-state index is 11.8. The minimum Gasteiger partial charge on any atom is -0.326 e. The Balaban J connectivity index is 1.90. The standard InChI is InChI=1S/C14H19N3O2/c1-2-13(18)16-11-4-3-5-12(7-11)17-14(19)6-10-8-15-9-10/h3-5,7,10,15H,2,6,8-9H2,1H3,(H,16,18)(H,17,19). The average molecular weight is 261 g/mol. The lowest BCUT2D eigenvalue weighted by molar-refractivity contribution is -0.117. The van der Waals surface area contributed by atoms with E-state index in [-0.39, 0.29) is 11.8 Å². The fourth-order valence-corrected chi connectivity index (χ4v) is 1.89. The summed E-state index contributed by atoms with van der Waals surface area (Å²) in [5.74, 6) is 0.428. The Labute approximate surface area is 112 Å². The molecular formula is C14H19N3O2. The molecule has 19 heavy (non-hydrogen) atoms. The van der Waals surface area contributed by atoms with Crippen LogP contribution < -0.4 is 16.0 Å². The van der Waals surface area contributed by atoms with Crippen molar-refractivity contribution in [3.8, 4) is 0 Å². The molecule has 1 fully saturated rings. The molecule has 0 saturated carbocycles. The number of benzene rings is 1. The Bertz CT molecular complexity index is 470. The number of rotatable bonds is 5. The predicted molar refractivity (Wildman–Crippen MR) is 75.0 cm³/mol. The maximum absolute atomic E-state index is 11.8. The Morgan fingerprint density at radius 2 is 1.84 bits per heavy atom. The van der Waals surface area contributed by atoms with Crippen molar-refractivity contribution in [2.45, 2.75) is 19.8 Å². The van der Waals surface area contributed by atoms with Gasteiger partial charge in [0, 0.05) is 24.2 Å². The molecule has 0 aromatic heterocycles. The molecule has 2 rings (SSSR count). The van der Waals surface area contributed by atoms with Gasteiger partial charge in [0.1, 0.15) is 0 Å². The topological polar surface area (TPSA) is 70.2 Å². The summed E-state index contributed by atoms with van der Waals surface area (Å²) >= 11 is 0. The first kappa shape index (κ1) is 13.5. The van der Waals surface area contributed by atoms with E-state index >= 15 is 0 Å². The quantitative estimate of drug-likeness (QED) is 0.753. The maximum Gasteiger partial charge on any atom is 0.224 e. The monoisotopic (exact) mass is 261 g/mol. The van der Waals surface area contributed by atoms with Crippen LogP contribution in [0.1, 0.15) is 19.8 Å². The van der Waals surface area contributed by atoms with Crippen LogP contribution >= 0.6 is 0 Å². The van der Waals surface area contributed by atoms with Crippen molar-refractivity contribution in [1.29, 1.82) is 0 Å². The lowest BCUT2D eigenvalue weighted by Crippen LogP contribution is -2.43. The highest BCUT2D eigenvalue weighted by atomic mass is 16.2. The van der Waals surface area contributed by atoms with E-state index in [0.717, 1.165) is 13.1 Å². The lowest BCUT2D eigenvalue weighted by atomic mass is 9.99. The van der Waals surface area contributed by atoms with E-state index in [9.17, 15) is 9.59 Å². The van der Waals surface area contributed by atoms with Gasteiger partial charge in [-0.05, 0) is 37.2 Å². The molecule has 102 valence electrons. The molecule has 1 aliphatic heterocycles. The molecule has 0 bridgehead atoms. The molecule has 1 saturated heterocycles. The van der Waals surface area contributed by atoms with Gasteiger partial charge in [0.05, 0.1) is 0 Å². The summed E-state index contributed by atoms with van der Waals surface area (Å²) in [6, 6.07) is 7.20. The predicted octanol–water partition coefficient (Wildman–Crippen LogP) is 1.58. The van der Waals surface area contributed by atoms with Crippen molar-refractivity contribution < 1.29 is 9.59 Å². The third-order valence-electron chi connectivity index (χ3n) is 3.09. The van der Waals surface area contributed by atoms with Gasteiger partial charge in [-0.1, -0.05) is 13.0 Å². The summed E-state index contributed by atoms with van der Waals surface area (Å²) in [7, 11) is 0. The van der Waals surface area contributed by atoms with Gasteiger partial charge in [-0.3, -0.25) is 9.59 Å². The van der Waals surface area contributed by atoms with Gasteiger partial charge >= 0.3 is 0 Å². The van der Waals surface area contributed by atoms with E-state index in [0.29, 0.717) is 30.1 Å². The first-order valence-electron chi connectivity index (χ1n) is 6.58. The van der Waals surface area contributed by atoms with Crippen LogP contribution in [0.2, 0.25) is 0 Å². The van der Waals surface area contributed by atoms with Gasteiger partial charge in [0.2, 0.25) is 11.8 Å². The molecule has 0 aliphatic carbocycles. The Morgan fingerprint density at radius 1 is 1.21 bits per heavy atom. The molecule has 0 atom stereocenters. The number of hydrogen-bond donors (Lipinski definition) is 3. The molecule has 3 N–H and O–H groups in total. The van der Waals surface area contributed by atoms with Crippen molar-refractivity contribution >= 4 is 23.2 Å². The van der Waals surface area contributed by atoms with E-state index in [1.165, 1.54) is 0 Å². The van der Waals surface area contributed by atoms with Crippen LogP contribution in [0.4, 0.5) is 11.4 Å². The average Bonchev–Trinajstić information content (AvgIpc) is 2.34. The molecule has 1 aromatic carbocycles. The summed E-state index contributed by atoms with van der Waals surface area (Å²) in [4.78, 5) is 23.1. The number of amides is 2. The molecular weight excluding hydrogens is 242 g/mol. The molecule has 2 amide bonds. The highest BCUT2D eigenvalue weighted by molar-refractivity contribution is 5.94. The van der Waals surface area contributed by atoms with Crippen molar-refractivity contribution in [2.75, 3.05) is 23.7 Å². The van der Waals surface area contributed by atoms with Crippen LogP contribution in [-0.2, 0) is 9.59 Å². The van der Waals surface area contributed by atoms with Gasteiger partial charge in [-0.25, -0.2) is 0 Å². The van der Waals surface area contributed by atoms with Gasteiger partial charge in [0.15, 0.2) is 0 Å². The van der Waals surface area contributed by atoms with E-state index < -0.39 is 0 Å². The number of anilines is 2. The number of carbonyl (C=O) groups excluding carboxylic acids is 2. The molecule has 0 unspecified atom stereocenters. The van der Waals surface area contributed by atoms with Crippen LogP contribution in [0.3, 0.4) is 0 Å². The number of hydrogen-bond acceptors (Lipinski definition) is 3. The van der Waals surface area contributed by atoms with Crippen LogP contribution in [-0.4, -0.2) is 24.9 Å².